The number of carboxylic acid groups (broad SMARTS) is 1. The van der Waals surface area contributed by atoms with Crippen LogP contribution in [0, 0.1) is 5.92 Å². The maximum atomic E-state index is 12.5. The number of benzene rings is 2. The van der Waals surface area contributed by atoms with Crippen LogP contribution >= 0.6 is 0 Å². The fourth-order valence-electron chi connectivity index (χ4n) is 2.80. The van der Waals surface area contributed by atoms with Crippen molar-refractivity contribution in [2.45, 2.75) is 26.2 Å². The summed E-state index contributed by atoms with van der Waals surface area (Å²) < 4.78 is 0. The van der Waals surface area contributed by atoms with Gasteiger partial charge in [-0.3, -0.25) is 4.79 Å². The first-order valence-electron chi connectivity index (χ1n) is 8.14. The summed E-state index contributed by atoms with van der Waals surface area (Å²) in [5.74, 6) is -0.922. The van der Waals surface area contributed by atoms with Gasteiger partial charge in [0.1, 0.15) is 0 Å². The molecule has 1 atom stereocenters. The van der Waals surface area contributed by atoms with Crippen molar-refractivity contribution in [3.8, 4) is 0 Å². The molecule has 0 radical (unpaired) electrons. The summed E-state index contributed by atoms with van der Waals surface area (Å²) in [5, 5.41) is 12.0. The van der Waals surface area contributed by atoms with Crippen LogP contribution in [0.15, 0.2) is 54.6 Å². The van der Waals surface area contributed by atoms with Crippen LogP contribution in [0.25, 0.3) is 0 Å². The van der Waals surface area contributed by atoms with Crippen molar-refractivity contribution in [2.24, 2.45) is 5.92 Å². The summed E-state index contributed by atoms with van der Waals surface area (Å²) in [4.78, 5) is 23.5. The molecule has 0 aliphatic rings. The molecule has 0 heterocycles. The minimum Gasteiger partial charge on any atom is -0.478 e. The third kappa shape index (κ3) is 4.69. The molecule has 0 spiro atoms. The van der Waals surface area contributed by atoms with Crippen LogP contribution in [-0.2, 0) is 11.2 Å². The molecule has 0 saturated carbocycles. The molecule has 2 aromatic carbocycles. The molecular weight excluding hydrogens is 302 g/mol. The quantitative estimate of drug-likeness (QED) is 0.819. The summed E-state index contributed by atoms with van der Waals surface area (Å²) in [7, 11) is 0. The topological polar surface area (TPSA) is 66.4 Å². The second-order valence-electron chi connectivity index (χ2n) is 6.18. The van der Waals surface area contributed by atoms with Crippen LogP contribution in [0.5, 0.6) is 0 Å². The highest BCUT2D eigenvalue weighted by Crippen LogP contribution is 2.24. The van der Waals surface area contributed by atoms with E-state index in [1.165, 1.54) is 0 Å². The lowest BCUT2D eigenvalue weighted by Gasteiger charge is -2.20. The summed E-state index contributed by atoms with van der Waals surface area (Å²) >= 11 is 0. The van der Waals surface area contributed by atoms with Crippen LogP contribution in [0.1, 0.15) is 41.3 Å². The van der Waals surface area contributed by atoms with Crippen LogP contribution in [-0.4, -0.2) is 23.5 Å². The van der Waals surface area contributed by atoms with E-state index in [0.29, 0.717) is 13.0 Å². The maximum Gasteiger partial charge on any atom is 0.335 e. The number of carbonyl (C=O) groups excluding carboxylic acids is 1. The van der Waals surface area contributed by atoms with Crippen molar-refractivity contribution in [1.29, 1.82) is 0 Å². The van der Waals surface area contributed by atoms with Gasteiger partial charge in [-0.05, 0) is 35.6 Å². The number of rotatable bonds is 7. The zero-order valence-corrected chi connectivity index (χ0v) is 14.0. The molecule has 2 rings (SSSR count). The zero-order valence-electron chi connectivity index (χ0n) is 14.0. The van der Waals surface area contributed by atoms with Crippen molar-refractivity contribution in [1.82, 2.24) is 5.32 Å². The van der Waals surface area contributed by atoms with E-state index in [-0.39, 0.29) is 23.3 Å². The van der Waals surface area contributed by atoms with Gasteiger partial charge in [0.15, 0.2) is 0 Å². The van der Waals surface area contributed by atoms with Crippen molar-refractivity contribution in [3.05, 3.63) is 71.3 Å². The van der Waals surface area contributed by atoms with Gasteiger partial charge < -0.3 is 10.4 Å². The van der Waals surface area contributed by atoms with Gasteiger partial charge in [-0.25, -0.2) is 4.79 Å². The van der Waals surface area contributed by atoms with E-state index in [1.54, 1.807) is 18.2 Å². The van der Waals surface area contributed by atoms with E-state index in [0.717, 1.165) is 11.1 Å². The number of amides is 1. The predicted molar refractivity (Wildman–Crippen MR) is 94.1 cm³/mol. The second kappa shape index (κ2) is 8.29. The fourth-order valence-corrected chi connectivity index (χ4v) is 2.80. The summed E-state index contributed by atoms with van der Waals surface area (Å²) in [5.41, 5.74) is 2.18. The Balaban J connectivity index is 1.96. The number of hydrogen-bond acceptors (Lipinski definition) is 2. The van der Waals surface area contributed by atoms with E-state index in [4.69, 9.17) is 5.11 Å². The number of aromatic carboxylic acids is 1. The lowest BCUT2D eigenvalue weighted by molar-refractivity contribution is -0.123. The zero-order chi connectivity index (χ0) is 17.5. The van der Waals surface area contributed by atoms with Gasteiger partial charge in [-0.15, -0.1) is 0 Å². The molecule has 1 amide bonds. The number of hydrogen-bond donors (Lipinski definition) is 2. The second-order valence-corrected chi connectivity index (χ2v) is 6.18. The Morgan fingerprint density at radius 1 is 1.04 bits per heavy atom. The van der Waals surface area contributed by atoms with Gasteiger partial charge in [-0.2, -0.15) is 0 Å². The molecule has 2 N–H and O–H groups in total. The van der Waals surface area contributed by atoms with Crippen molar-refractivity contribution in [2.75, 3.05) is 6.54 Å². The molecule has 24 heavy (non-hydrogen) atoms. The molecule has 0 bridgehead atoms. The van der Waals surface area contributed by atoms with Crippen molar-refractivity contribution in [3.63, 3.8) is 0 Å². The van der Waals surface area contributed by atoms with E-state index >= 15 is 0 Å². The summed E-state index contributed by atoms with van der Waals surface area (Å²) in [6, 6.07) is 16.6. The predicted octanol–water partition coefficient (Wildman–Crippen LogP) is 3.48. The van der Waals surface area contributed by atoms with Crippen LogP contribution < -0.4 is 5.32 Å². The SMILES string of the molecule is CC(C)C(C(=O)NCCc1cccc(C(=O)O)c1)c1ccccc1. The molecule has 0 fully saturated rings. The van der Waals surface area contributed by atoms with Crippen molar-refractivity contribution < 1.29 is 14.7 Å². The first kappa shape index (κ1) is 17.7. The minimum atomic E-state index is -0.940. The Kier molecular flexibility index (Phi) is 6.13. The third-order valence-corrected chi connectivity index (χ3v) is 3.99. The largest absolute Gasteiger partial charge is 0.478 e. The molecule has 0 saturated heterocycles. The maximum absolute atomic E-state index is 12.5. The normalized spacial score (nSPS) is 12.0. The number of carboxylic acids is 1. The molecular formula is C20H23NO3. The lowest BCUT2D eigenvalue weighted by Crippen LogP contribution is -2.33. The molecule has 0 aliphatic carbocycles. The fraction of sp³-hybridized carbons (Fsp3) is 0.300. The molecule has 0 aliphatic heterocycles. The van der Waals surface area contributed by atoms with E-state index < -0.39 is 5.97 Å². The highest BCUT2D eigenvalue weighted by molar-refractivity contribution is 5.87. The monoisotopic (exact) mass is 325 g/mol. The Morgan fingerprint density at radius 2 is 1.75 bits per heavy atom. The number of carbonyl (C=O) groups is 2. The lowest BCUT2D eigenvalue weighted by atomic mass is 9.87. The van der Waals surface area contributed by atoms with Gasteiger partial charge in [0.25, 0.3) is 0 Å². The van der Waals surface area contributed by atoms with Crippen LogP contribution in [0.3, 0.4) is 0 Å². The third-order valence-electron chi connectivity index (χ3n) is 3.99. The minimum absolute atomic E-state index is 0.00518. The Bertz CT molecular complexity index is 695. The first-order valence-corrected chi connectivity index (χ1v) is 8.14. The smallest absolute Gasteiger partial charge is 0.335 e. The average Bonchev–Trinajstić information content (AvgIpc) is 2.56. The van der Waals surface area contributed by atoms with E-state index in [9.17, 15) is 9.59 Å². The first-order chi connectivity index (χ1) is 11.5. The van der Waals surface area contributed by atoms with Crippen molar-refractivity contribution >= 4 is 11.9 Å². The van der Waals surface area contributed by atoms with Crippen LogP contribution in [0.4, 0.5) is 0 Å². The molecule has 0 aromatic heterocycles. The molecule has 4 nitrogen and oxygen atoms in total. The van der Waals surface area contributed by atoms with E-state index in [1.807, 2.05) is 50.2 Å². The Hall–Kier alpha value is -2.62. The summed E-state index contributed by atoms with van der Waals surface area (Å²) in [6.07, 6.45) is 0.604. The number of nitrogens with one attached hydrogen (secondary N) is 1. The standard InChI is InChI=1S/C20H23NO3/c1-14(2)18(16-8-4-3-5-9-16)19(22)21-12-11-15-7-6-10-17(13-15)20(23)24/h3-10,13-14,18H,11-12H2,1-2H3,(H,21,22)(H,23,24). The molecule has 4 heteroatoms. The average molecular weight is 325 g/mol. The molecule has 2 aromatic rings. The van der Waals surface area contributed by atoms with Gasteiger partial charge in [0, 0.05) is 6.54 Å². The van der Waals surface area contributed by atoms with Gasteiger partial charge in [0.2, 0.25) is 5.91 Å². The van der Waals surface area contributed by atoms with Crippen LogP contribution in [0.2, 0.25) is 0 Å². The highest BCUT2D eigenvalue weighted by Gasteiger charge is 2.23. The van der Waals surface area contributed by atoms with Gasteiger partial charge >= 0.3 is 5.97 Å². The molecule has 126 valence electrons. The van der Waals surface area contributed by atoms with E-state index in [2.05, 4.69) is 5.32 Å². The Labute approximate surface area is 142 Å². The Morgan fingerprint density at radius 3 is 2.38 bits per heavy atom. The highest BCUT2D eigenvalue weighted by atomic mass is 16.4. The molecule has 1 unspecified atom stereocenters. The van der Waals surface area contributed by atoms with Gasteiger partial charge in [0.05, 0.1) is 11.5 Å². The van der Waals surface area contributed by atoms with Gasteiger partial charge in [-0.1, -0.05) is 56.3 Å². The summed E-state index contributed by atoms with van der Waals surface area (Å²) in [6.45, 7) is 4.55.